The van der Waals surface area contributed by atoms with Crippen LogP contribution in [-0.4, -0.2) is 18.7 Å². The van der Waals surface area contributed by atoms with Gasteiger partial charge in [-0.25, -0.2) is 0 Å². The van der Waals surface area contributed by atoms with E-state index in [1.807, 2.05) is 18.2 Å². The van der Waals surface area contributed by atoms with Gasteiger partial charge < -0.3 is 10.1 Å². The van der Waals surface area contributed by atoms with Crippen LogP contribution in [0.15, 0.2) is 18.2 Å². The molecule has 4 heteroatoms. The molecule has 2 heterocycles. The second kappa shape index (κ2) is 3.63. The predicted octanol–water partition coefficient (Wildman–Crippen LogP) is 2.80. The number of hydrogen-bond acceptors (Lipinski definition) is 2. The van der Waals surface area contributed by atoms with E-state index >= 15 is 0 Å². The van der Waals surface area contributed by atoms with Gasteiger partial charge in [-0.05, 0) is 24.1 Å². The van der Waals surface area contributed by atoms with Crippen molar-refractivity contribution in [3.05, 3.63) is 33.8 Å². The van der Waals surface area contributed by atoms with Crippen molar-refractivity contribution in [3.8, 4) is 0 Å². The van der Waals surface area contributed by atoms with Crippen molar-refractivity contribution < 1.29 is 4.74 Å². The highest BCUT2D eigenvalue weighted by Crippen LogP contribution is 2.38. The van der Waals surface area contributed by atoms with E-state index in [1.54, 1.807) is 0 Å². The van der Waals surface area contributed by atoms with Crippen molar-refractivity contribution in [1.29, 1.82) is 0 Å². The Kier molecular flexibility index (Phi) is 2.40. The lowest BCUT2D eigenvalue weighted by molar-refractivity contribution is 0.0160. The van der Waals surface area contributed by atoms with Gasteiger partial charge in [0.15, 0.2) is 0 Å². The van der Waals surface area contributed by atoms with Gasteiger partial charge in [0.1, 0.15) is 0 Å². The maximum atomic E-state index is 5.99. The van der Waals surface area contributed by atoms with Gasteiger partial charge >= 0.3 is 0 Å². The van der Waals surface area contributed by atoms with Gasteiger partial charge in [-0.1, -0.05) is 29.3 Å². The van der Waals surface area contributed by atoms with E-state index in [-0.39, 0.29) is 6.10 Å². The average molecular weight is 244 g/mol. The molecule has 1 aromatic rings. The first-order chi connectivity index (χ1) is 7.24. The molecule has 2 nitrogen and oxygen atoms in total. The molecule has 2 aliphatic heterocycles. The number of ether oxygens (including phenoxy) is 1. The summed E-state index contributed by atoms with van der Waals surface area (Å²) in [5.74, 6) is 0. The normalized spacial score (nSPS) is 33.6. The largest absolute Gasteiger partial charge is 0.367 e. The van der Waals surface area contributed by atoms with Gasteiger partial charge in [-0.15, -0.1) is 0 Å². The second-order valence-electron chi connectivity index (χ2n) is 4.10. The number of nitrogens with one attached hydrogen (secondary N) is 1. The zero-order valence-electron chi connectivity index (χ0n) is 8.04. The standard InChI is InChI=1S/C11H11Cl2NO/c12-8-2-1-6(3-9(8)13)11-10-4-7(15-11)5-14-10/h1-3,7,10-11,14H,4-5H2. The van der Waals surface area contributed by atoms with E-state index < -0.39 is 0 Å². The molecule has 0 radical (unpaired) electrons. The third kappa shape index (κ3) is 1.66. The van der Waals surface area contributed by atoms with Gasteiger partial charge in [0.05, 0.1) is 22.3 Å². The van der Waals surface area contributed by atoms with Gasteiger partial charge in [0, 0.05) is 12.6 Å². The first-order valence-corrected chi connectivity index (χ1v) is 5.83. The van der Waals surface area contributed by atoms with E-state index in [2.05, 4.69) is 5.32 Å². The number of rotatable bonds is 1. The Hall–Kier alpha value is -0.280. The Bertz CT molecular complexity index is 396. The molecule has 80 valence electrons. The van der Waals surface area contributed by atoms with Crippen LogP contribution < -0.4 is 5.32 Å². The Morgan fingerprint density at radius 1 is 1.27 bits per heavy atom. The SMILES string of the molecule is Clc1ccc(C2OC3CNC2C3)cc1Cl. The molecule has 0 amide bonds. The van der Waals surface area contributed by atoms with Crippen molar-refractivity contribution >= 4 is 23.2 Å². The highest BCUT2D eigenvalue weighted by Gasteiger charge is 2.41. The van der Waals surface area contributed by atoms with Crippen LogP contribution in [0.25, 0.3) is 0 Å². The van der Waals surface area contributed by atoms with Crippen molar-refractivity contribution in [3.63, 3.8) is 0 Å². The molecular formula is C11H11Cl2NO. The van der Waals surface area contributed by atoms with E-state index in [1.165, 1.54) is 0 Å². The Labute approximate surface area is 98.5 Å². The van der Waals surface area contributed by atoms with Crippen molar-refractivity contribution in [2.24, 2.45) is 0 Å². The van der Waals surface area contributed by atoms with Crippen LogP contribution in [0.4, 0.5) is 0 Å². The second-order valence-corrected chi connectivity index (χ2v) is 4.92. The summed E-state index contributed by atoms with van der Waals surface area (Å²) < 4.78 is 5.88. The van der Waals surface area contributed by atoms with E-state index in [0.717, 1.165) is 18.5 Å². The van der Waals surface area contributed by atoms with E-state index in [4.69, 9.17) is 27.9 Å². The summed E-state index contributed by atoms with van der Waals surface area (Å²) >= 11 is 11.9. The fourth-order valence-electron chi connectivity index (χ4n) is 2.37. The number of halogens is 2. The monoisotopic (exact) mass is 243 g/mol. The summed E-state index contributed by atoms with van der Waals surface area (Å²) in [5.41, 5.74) is 1.11. The molecule has 2 bridgehead atoms. The maximum absolute atomic E-state index is 5.99. The molecule has 15 heavy (non-hydrogen) atoms. The highest BCUT2D eigenvalue weighted by molar-refractivity contribution is 6.42. The predicted molar refractivity (Wildman–Crippen MR) is 60.5 cm³/mol. The molecule has 3 rings (SSSR count). The molecule has 0 aliphatic carbocycles. The summed E-state index contributed by atoms with van der Waals surface area (Å²) in [6.45, 7) is 0.975. The summed E-state index contributed by atoms with van der Waals surface area (Å²) in [4.78, 5) is 0. The summed E-state index contributed by atoms with van der Waals surface area (Å²) in [5, 5.41) is 4.63. The first-order valence-electron chi connectivity index (χ1n) is 5.08. The molecule has 1 N–H and O–H groups in total. The van der Waals surface area contributed by atoms with Crippen molar-refractivity contribution in [2.75, 3.05) is 6.54 Å². The van der Waals surface area contributed by atoms with Crippen LogP contribution in [0.3, 0.4) is 0 Å². The van der Waals surface area contributed by atoms with E-state index in [9.17, 15) is 0 Å². The lowest BCUT2D eigenvalue weighted by Gasteiger charge is -2.23. The Balaban J connectivity index is 1.90. The summed E-state index contributed by atoms with van der Waals surface area (Å²) in [6, 6.07) is 6.15. The lowest BCUT2D eigenvalue weighted by Crippen LogP contribution is -2.33. The fraction of sp³-hybridized carbons (Fsp3) is 0.455. The first kappa shape index (κ1) is 9.91. The topological polar surface area (TPSA) is 21.3 Å². The van der Waals surface area contributed by atoms with Crippen molar-refractivity contribution in [2.45, 2.75) is 24.7 Å². The molecule has 2 fully saturated rings. The van der Waals surface area contributed by atoms with Crippen LogP contribution in [0.2, 0.25) is 10.0 Å². The van der Waals surface area contributed by atoms with Crippen LogP contribution in [0.5, 0.6) is 0 Å². The zero-order valence-corrected chi connectivity index (χ0v) is 9.55. The third-order valence-corrected chi connectivity index (χ3v) is 3.84. The third-order valence-electron chi connectivity index (χ3n) is 3.10. The Morgan fingerprint density at radius 2 is 2.13 bits per heavy atom. The molecule has 2 saturated heterocycles. The minimum absolute atomic E-state index is 0.138. The van der Waals surface area contributed by atoms with Gasteiger partial charge in [0.25, 0.3) is 0 Å². The average Bonchev–Trinajstić information content (AvgIpc) is 2.83. The zero-order chi connectivity index (χ0) is 10.4. The quantitative estimate of drug-likeness (QED) is 0.820. The van der Waals surface area contributed by atoms with Gasteiger partial charge in [-0.3, -0.25) is 0 Å². The molecule has 1 aromatic carbocycles. The van der Waals surface area contributed by atoms with Crippen LogP contribution >= 0.6 is 23.2 Å². The minimum Gasteiger partial charge on any atom is -0.367 e. The van der Waals surface area contributed by atoms with Crippen molar-refractivity contribution in [1.82, 2.24) is 5.32 Å². The molecule has 3 atom stereocenters. The summed E-state index contributed by atoms with van der Waals surface area (Å²) in [7, 11) is 0. The van der Waals surface area contributed by atoms with Crippen LogP contribution in [0.1, 0.15) is 18.1 Å². The maximum Gasteiger partial charge on any atom is 0.0983 e. The minimum atomic E-state index is 0.138. The number of morpholine rings is 1. The molecule has 2 aliphatic rings. The number of fused-ring (bicyclic) bond motifs is 2. The lowest BCUT2D eigenvalue weighted by atomic mass is 10.0. The van der Waals surface area contributed by atoms with Crippen LogP contribution in [-0.2, 0) is 4.74 Å². The molecule has 3 unspecified atom stereocenters. The molecular weight excluding hydrogens is 233 g/mol. The number of hydrogen-bond donors (Lipinski definition) is 1. The molecule has 0 aromatic heterocycles. The smallest absolute Gasteiger partial charge is 0.0983 e. The van der Waals surface area contributed by atoms with Crippen LogP contribution in [0, 0.1) is 0 Å². The fourth-order valence-corrected chi connectivity index (χ4v) is 2.68. The Morgan fingerprint density at radius 3 is 2.73 bits per heavy atom. The molecule has 0 saturated carbocycles. The number of benzene rings is 1. The highest BCUT2D eigenvalue weighted by atomic mass is 35.5. The summed E-state index contributed by atoms with van der Waals surface area (Å²) in [6.07, 6.45) is 1.61. The van der Waals surface area contributed by atoms with E-state index in [0.29, 0.717) is 22.2 Å². The molecule has 0 spiro atoms. The van der Waals surface area contributed by atoms with Gasteiger partial charge in [0.2, 0.25) is 0 Å². The van der Waals surface area contributed by atoms with Gasteiger partial charge in [-0.2, -0.15) is 0 Å².